The standard InChI is InChI=1S/C16H20Cl2N2O/c17-9-16(21)19-13-7-14-5-6-15(8-13)20(14)10-11-1-3-12(18)4-2-11/h1-4,13-15H,5-10H2,(H,19,21). The van der Waals surface area contributed by atoms with Gasteiger partial charge >= 0.3 is 0 Å². The smallest absolute Gasteiger partial charge is 0.235 e. The topological polar surface area (TPSA) is 32.3 Å². The first-order valence-electron chi connectivity index (χ1n) is 7.51. The van der Waals surface area contributed by atoms with E-state index in [9.17, 15) is 4.79 Å². The van der Waals surface area contributed by atoms with Gasteiger partial charge in [0.1, 0.15) is 5.88 Å². The van der Waals surface area contributed by atoms with Crippen LogP contribution >= 0.6 is 23.2 Å². The number of hydrogen-bond acceptors (Lipinski definition) is 2. The molecular formula is C16H20Cl2N2O. The van der Waals surface area contributed by atoms with Crippen LogP contribution in [0.25, 0.3) is 0 Å². The summed E-state index contributed by atoms with van der Waals surface area (Å²) >= 11 is 11.5. The summed E-state index contributed by atoms with van der Waals surface area (Å²) in [7, 11) is 0. The van der Waals surface area contributed by atoms with Crippen molar-refractivity contribution in [1.29, 1.82) is 0 Å². The summed E-state index contributed by atoms with van der Waals surface area (Å²) in [4.78, 5) is 14.0. The molecule has 21 heavy (non-hydrogen) atoms. The van der Waals surface area contributed by atoms with Crippen molar-refractivity contribution in [2.75, 3.05) is 5.88 Å². The molecule has 1 aromatic carbocycles. The number of nitrogens with one attached hydrogen (secondary N) is 1. The van der Waals surface area contributed by atoms with Crippen LogP contribution in [0.5, 0.6) is 0 Å². The zero-order valence-electron chi connectivity index (χ0n) is 11.9. The molecule has 0 aliphatic carbocycles. The number of hydrogen-bond donors (Lipinski definition) is 1. The van der Waals surface area contributed by atoms with Crippen LogP contribution in [0.4, 0.5) is 0 Å². The Morgan fingerprint density at radius 2 is 1.81 bits per heavy atom. The van der Waals surface area contributed by atoms with Crippen molar-refractivity contribution < 1.29 is 4.79 Å². The van der Waals surface area contributed by atoms with E-state index in [4.69, 9.17) is 23.2 Å². The third-order valence-electron chi connectivity index (χ3n) is 4.65. The number of fused-ring (bicyclic) bond motifs is 2. The van der Waals surface area contributed by atoms with Crippen LogP contribution in [0.1, 0.15) is 31.2 Å². The molecular weight excluding hydrogens is 307 g/mol. The molecule has 2 saturated heterocycles. The highest BCUT2D eigenvalue weighted by Gasteiger charge is 2.40. The van der Waals surface area contributed by atoms with Gasteiger partial charge in [-0.3, -0.25) is 9.69 Å². The molecule has 1 amide bonds. The lowest BCUT2D eigenvalue weighted by atomic mass is 9.96. The number of carbonyl (C=O) groups excluding carboxylic acids is 1. The summed E-state index contributed by atoms with van der Waals surface area (Å²) in [5, 5.41) is 3.83. The Bertz CT molecular complexity index is 492. The van der Waals surface area contributed by atoms with E-state index in [1.165, 1.54) is 18.4 Å². The van der Waals surface area contributed by atoms with Crippen molar-refractivity contribution in [2.24, 2.45) is 0 Å². The molecule has 2 atom stereocenters. The maximum Gasteiger partial charge on any atom is 0.235 e. The van der Waals surface area contributed by atoms with Crippen LogP contribution in [0.2, 0.25) is 5.02 Å². The molecule has 114 valence electrons. The molecule has 2 fully saturated rings. The van der Waals surface area contributed by atoms with E-state index in [1.54, 1.807) is 0 Å². The molecule has 2 heterocycles. The summed E-state index contributed by atoms with van der Waals surface area (Å²) in [6.45, 7) is 0.975. The number of carbonyl (C=O) groups is 1. The average Bonchev–Trinajstić information content (AvgIpc) is 2.71. The van der Waals surface area contributed by atoms with Gasteiger partial charge in [0.15, 0.2) is 0 Å². The minimum absolute atomic E-state index is 0.0489. The highest BCUT2D eigenvalue weighted by Crippen LogP contribution is 2.36. The summed E-state index contributed by atoms with van der Waals surface area (Å²) in [5.41, 5.74) is 1.31. The van der Waals surface area contributed by atoms with E-state index in [2.05, 4.69) is 22.3 Å². The van der Waals surface area contributed by atoms with Gasteiger partial charge in [-0.25, -0.2) is 0 Å². The van der Waals surface area contributed by atoms with E-state index in [0.29, 0.717) is 12.1 Å². The van der Waals surface area contributed by atoms with Crippen molar-refractivity contribution >= 4 is 29.1 Å². The Hall–Kier alpha value is -0.770. The highest BCUT2D eigenvalue weighted by atomic mass is 35.5. The van der Waals surface area contributed by atoms with Crippen LogP contribution in [0, 0.1) is 0 Å². The number of halogens is 2. The van der Waals surface area contributed by atoms with Gasteiger partial charge in [-0.1, -0.05) is 23.7 Å². The van der Waals surface area contributed by atoms with E-state index >= 15 is 0 Å². The van der Waals surface area contributed by atoms with Crippen LogP contribution in [-0.2, 0) is 11.3 Å². The fraction of sp³-hybridized carbons (Fsp3) is 0.562. The molecule has 2 aliphatic rings. The minimum atomic E-state index is -0.0489. The van der Waals surface area contributed by atoms with Crippen LogP contribution in [0.3, 0.4) is 0 Å². The number of rotatable bonds is 4. The largest absolute Gasteiger partial charge is 0.352 e. The first kappa shape index (κ1) is 15.1. The SMILES string of the molecule is O=C(CCl)NC1CC2CCC(C1)N2Cc1ccc(Cl)cc1. The first-order valence-corrected chi connectivity index (χ1v) is 8.42. The predicted octanol–water partition coefficient (Wildman–Crippen LogP) is 3.19. The van der Waals surface area contributed by atoms with Gasteiger partial charge in [-0.15, -0.1) is 11.6 Å². The summed E-state index contributed by atoms with van der Waals surface area (Å²) in [6, 6.07) is 9.53. The molecule has 1 N–H and O–H groups in total. The monoisotopic (exact) mass is 326 g/mol. The van der Waals surface area contributed by atoms with Crippen molar-refractivity contribution in [3.05, 3.63) is 34.9 Å². The molecule has 2 unspecified atom stereocenters. The van der Waals surface area contributed by atoms with Gasteiger partial charge in [0.25, 0.3) is 0 Å². The van der Waals surface area contributed by atoms with Crippen LogP contribution in [-0.4, -0.2) is 34.8 Å². The number of piperidine rings is 1. The molecule has 2 aliphatic heterocycles. The molecule has 0 spiro atoms. The third-order valence-corrected chi connectivity index (χ3v) is 5.14. The van der Waals surface area contributed by atoms with Crippen molar-refractivity contribution in [3.8, 4) is 0 Å². The third kappa shape index (κ3) is 3.53. The predicted molar refractivity (Wildman–Crippen MR) is 85.7 cm³/mol. The lowest BCUT2D eigenvalue weighted by molar-refractivity contribution is -0.119. The zero-order valence-corrected chi connectivity index (χ0v) is 13.4. The molecule has 5 heteroatoms. The van der Waals surface area contributed by atoms with Crippen molar-refractivity contribution in [3.63, 3.8) is 0 Å². The Morgan fingerprint density at radius 1 is 1.19 bits per heavy atom. The number of amides is 1. The van der Waals surface area contributed by atoms with E-state index in [-0.39, 0.29) is 17.8 Å². The second kappa shape index (κ2) is 6.55. The van der Waals surface area contributed by atoms with Gasteiger partial charge in [-0.05, 0) is 43.4 Å². The molecule has 2 bridgehead atoms. The normalized spacial score (nSPS) is 28.6. The summed E-state index contributed by atoms with van der Waals surface area (Å²) in [5.74, 6) is 0.00700. The Balaban J connectivity index is 1.62. The summed E-state index contributed by atoms with van der Waals surface area (Å²) in [6.07, 6.45) is 4.52. The Morgan fingerprint density at radius 3 is 2.38 bits per heavy atom. The first-order chi connectivity index (χ1) is 10.2. The second-order valence-corrected chi connectivity index (χ2v) is 6.76. The fourth-order valence-corrected chi connectivity index (χ4v) is 3.92. The quantitative estimate of drug-likeness (QED) is 0.862. The van der Waals surface area contributed by atoms with Gasteiger partial charge in [0, 0.05) is 29.7 Å². The second-order valence-electron chi connectivity index (χ2n) is 6.05. The number of benzene rings is 1. The van der Waals surface area contributed by atoms with Gasteiger partial charge in [0.05, 0.1) is 0 Å². The average molecular weight is 327 g/mol. The molecule has 3 rings (SSSR count). The van der Waals surface area contributed by atoms with Crippen LogP contribution < -0.4 is 5.32 Å². The molecule has 0 radical (unpaired) electrons. The Kier molecular flexibility index (Phi) is 4.72. The van der Waals surface area contributed by atoms with Crippen molar-refractivity contribution in [2.45, 2.75) is 50.4 Å². The van der Waals surface area contributed by atoms with E-state index in [1.807, 2.05) is 12.1 Å². The number of alkyl halides is 1. The molecule has 0 aromatic heterocycles. The van der Waals surface area contributed by atoms with E-state index in [0.717, 1.165) is 24.4 Å². The highest BCUT2D eigenvalue weighted by molar-refractivity contribution is 6.30. The lowest BCUT2D eigenvalue weighted by Gasteiger charge is -2.39. The summed E-state index contributed by atoms with van der Waals surface area (Å²) < 4.78 is 0. The molecule has 3 nitrogen and oxygen atoms in total. The van der Waals surface area contributed by atoms with E-state index < -0.39 is 0 Å². The Labute approximate surface area is 135 Å². The molecule has 1 aromatic rings. The maximum absolute atomic E-state index is 11.4. The van der Waals surface area contributed by atoms with Crippen molar-refractivity contribution in [1.82, 2.24) is 10.2 Å². The zero-order chi connectivity index (χ0) is 14.8. The van der Waals surface area contributed by atoms with Gasteiger partial charge < -0.3 is 5.32 Å². The van der Waals surface area contributed by atoms with Gasteiger partial charge in [0.2, 0.25) is 5.91 Å². The number of nitrogens with zero attached hydrogens (tertiary/aromatic N) is 1. The van der Waals surface area contributed by atoms with Crippen LogP contribution in [0.15, 0.2) is 24.3 Å². The van der Waals surface area contributed by atoms with Gasteiger partial charge in [-0.2, -0.15) is 0 Å². The maximum atomic E-state index is 11.4. The minimum Gasteiger partial charge on any atom is -0.352 e. The lowest BCUT2D eigenvalue weighted by Crippen LogP contribution is -2.50. The molecule has 0 saturated carbocycles. The fourth-order valence-electron chi connectivity index (χ4n) is 3.72.